The smallest absolute Gasteiger partial charge is 0.181 e. The van der Waals surface area contributed by atoms with Crippen molar-refractivity contribution in [2.24, 2.45) is 11.7 Å². The molecule has 2 atom stereocenters. The van der Waals surface area contributed by atoms with Crippen LogP contribution in [0.25, 0.3) is 11.4 Å². The van der Waals surface area contributed by atoms with Crippen molar-refractivity contribution in [1.29, 1.82) is 0 Å². The Bertz CT molecular complexity index is 520. The van der Waals surface area contributed by atoms with Crippen molar-refractivity contribution in [2.45, 2.75) is 31.6 Å². The summed E-state index contributed by atoms with van der Waals surface area (Å²) in [6.07, 6.45) is 4.94. The number of rotatable bonds is 3. The summed E-state index contributed by atoms with van der Waals surface area (Å²) in [5.74, 6) is 2.79. The molecule has 4 heteroatoms. The lowest BCUT2D eigenvalue weighted by molar-refractivity contribution is 0.305. The highest BCUT2D eigenvalue weighted by molar-refractivity contribution is 5.53. The van der Waals surface area contributed by atoms with E-state index in [4.69, 9.17) is 5.73 Å². The van der Waals surface area contributed by atoms with E-state index in [0.29, 0.717) is 11.8 Å². The lowest BCUT2D eigenvalue weighted by Gasteiger charge is -2.28. The predicted octanol–water partition coefficient (Wildman–Crippen LogP) is 2.70. The van der Waals surface area contributed by atoms with Gasteiger partial charge in [-0.25, -0.2) is 4.98 Å². The summed E-state index contributed by atoms with van der Waals surface area (Å²) >= 11 is 0. The monoisotopic (exact) mass is 256 g/mol. The Hall–Kier alpha value is -1.68. The number of nitrogens with two attached hydrogens (primary N) is 1. The summed E-state index contributed by atoms with van der Waals surface area (Å²) < 4.78 is 0. The fraction of sp³-hybridized carbons (Fsp3) is 0.467. The Kier molecular flexibility index (Phi) is 3.60. The molecule has 1 aliphatic rings. The van der Waals surface area contributed by atoms with Crippen LogP contribution in [0.4, 0.5) is 0 Å². The van der Waals surface area contributed by atoms with Crippen LogP contribution in [0.2, 0.25) is 0 Å². The van der Waals surface area contributed by atoms with Gasteiger partial charge in [-0.1, -0.05) is 43.2 Å². The van der Waals surface area contributed by atoms with Gasteiger partial charge in [0.05, 0.1) is 0 Å². The van der Waals surface area contributed by atoms with Crippen molar-refractivity contribution >= 4 is 0 Å². The van der Waals surface area contributed by atoms with Crippen LogP contribution in [0.15, 0.2) is 30.3 Å². The summed E-state index contributed by atoms with van der Waals surface area (Å²) in [7, 11) is 0. The molecule has 1 fully saturated rings. The first-order chi connectivity index (χ1) is 9.38. The maximum Gasteiger partial charge on any atom is 0.181 e. The molecular weight excluding hydrogens is 236 g/mol. The van der Waals surface area contributed by atoms with Gasteiger partial charge in [-0.2, -0.15) is 5.10 Å². The van der Waals surface area contributed by atoms with E-state index in [1.54, 1.807) is 0 Å². The predicted molar refractivity (Wildman–Crippen MR) is 75.6 cm³/mol. The van der Waals surface area contributed by atoms with Crippen LogP contribution >= 0.6 is 0 Å². The average Bonchev–Trinajstić information content (AvgIpc) is 2.98. The Morgan fingerprint density at radius 3 is 2.74 bits per heavy atom. The molecule has 4 nitrogen and oxygen atoms in total. The summed E-state index contributed by atoms with van der Waals surface area (Å²) in [6.45, 7) is 0.742. The quantitative estimate of drug-likeness (QED) is 0.887. The minimum absolute atomic E-state index is 0.448. The van der Waals surface area contributed by atoms with Crippen molar-refractivity contribution < 1.29 is 0 Å². The molecule has 2 aromatic rings. The molecule has 1 aromatic heterocycles. The standard InChI is InChI=1S/C15H20N4/c16-10-12-8-4-5-9-13(12)15-17-14(18-19-15)11-6-2-1-3-7-11/h1-3,6-7,12-13H,4-5,8-10,16H2,(H,17,18,19). The van der Waals surface area contributed by atoms with Crippen LogP contribution < -0.4 is 5.73 Å². The van der Waals surface area contributed by atoms with E-state index >= 15 is 0 Å². The van der Waals surface area contributed by atoms with Crippen LogP contribution in [-0.4, -0.2) is 21.7 Å². The van der Waals surface area contributed by atoms with E-state index in [0.717, 1.165) is 23.8 Å². The van der Waals surface area contributed by atoms with Gasteiger partial charge in [0.15, 0.2) is 5.82 Å². The van der Waals surface area contributed by atoms with Gasteiger partial charge in [0, 0.05) is 11.5 Å². The van der Waals surface area contributed by atoms with Gasteiger partial charge in [-0.05, 0) is 25.3 Å². The van der Waals surface area contributed by atoms with Gasteiger partial charge >= 0.3 is 0 Å². The highest BCUT2D eigenvalue weighted by atomic mass is 15.2. The molecule has 0 aliphatic heterocycles. The minimum Gasteiger partial charge on any atom is -0.330 e. The van der Waals surface area contributed by atoms with Crippen LogP contribution in [0.5, 0.6) is 0 Å². The van der Waals surface area contributed by atoms with E-state index in [-0.39, 0.29) is 0 Å². The maximum absolute atomic E-state index is 5.89. The lowest BCUT2D eigenvalue weighted by atomic mass is 9.79. The Labute approximate surface area is 113 Å². The van der Waals surface area contributed by atoms with Gasteiger partial charge in [-0.15, -0.1) is 0 Å². The number of hydrogen-bond donors (Lipinski definition) is 2. The second-order valence-corrected chi connectivity index (χ2v) is 5.30. The lowest BCUT2D eigenvalue weighted by Crippen LogP contribution is -2.26. The zero-order chi connectivity index (χ0) is 13.1. The second kappa shape index (κ2) is 5.53. The molecule has 1 aromatic carbocycles. The van der Waals surface area contributed by atoms with E-state index in [2.05, 4.69) is 15.2 Å². The molecule has 1 heterocycles. The second-order valence-electron chi connectivity index (χ2n) is 5.30. The number of aromatic nitrogens is 3. The maximum atomic E-state index is 5.89. The SMILES string of the molecule is NCC1CCCCC1c1nc(-c2ccccc2)n[nH]1. The van der Waals surface area contributed by atoms with Gasteiger partial charge in [0.1, 0.15) is 5.82 Å². The highest BCUT2D eigenvalue weighted by Crippen LogP contribution is 2.36. The minimum atomic E-state index is 0.448. The highest BCUT2D eigenvalue weighted by Gasteiger charge is 2.28. The fourth-order valence-corrected chi connectivity index (χ4v) is 3.01. The summed E-state index contributed by atoms with van der Waals surface area (Å²) in [5.41, 5.74) is 6.95. The van der Waals surface area contributed by atoms with Crippen molar-refractivity contribution in [3.05, 3.63) is 36.2 Å². The molecule has 1 aliphatic carbocycles. The molecule has 2 unspecified atom stereocenters. The largest absolute Gasteiger partial charge is 0.330 e. The van der Waals surface area contributed by atoms with E-state index in [1.807, 2.05) is 30.3 Å². The van der Waals surface area contributed by atoms with Crippen molar-refractivity contribution in [2.75, 3.05) is 6.54 Å². The Morgan fingerprint density at radius 1 is 1.16 bits per heavy atom. The molecule has 0 amide bonds. The zero-order valence-electron chi connectivity index (χ0n) is 11.0. The summed E-state index contributed by atoms with van der Waals surface area (Å²) in [5, 5.41) is 7.48. The summed E-state index contributed by atoms with van der Waals surface area (Å²) in [4.78, 5) is 4.68. The molecular formula is C15H20N4. The fourth-order valence-electron chi connectivity index (χ4n) is 3.01. The molecule has 1 saturated carbocycles. The van der Waals surface area contributed by atoms with Crippen molar-refractivity contribution in [1.82, 2.24) is 15.2 Å². The third-order valence-electron chi connectivity index (χ3n) is 4.10. The van der Waals surface area contributed by atoms with Crippen LogP contribution in [0, 0.1) is 5.92 Å². The average molecular weight is 256 g/mol. The first-order valence-electron chi connectivity index (χ1n) is 7.06. The first-order valence-corrected chi connectivity index (χ1v) is 7.06. The molecule has 0 saturated heterocycles. The number of nitrogens with one attached hydrogen (secondary N) is 1. The molecule has 19 heavy (non-hydrogen) atoms. The molecule has 3 rings (SSSR count). The van der Waals surface area contributed by atoms with E-state index < -0.39 is 0 Å². The van der Waals surface area contributed by atoms with Crippen molar-refractivity contribution in [3.8, 4) is 11.4 Å². The zero-order valence-corrected chi connectivity index (χ0v) is 11.0. The molecule has 3 N–H and O–H groups in total. The van der Waals surface area contributed by atoms with Gasteiger partial charge < -0.3 is 5.73 Å². The molecule has 0 bridgehead atoms. The van der Waals surface area contributed by atoms with Crippen LogP contribution in [0.1, 0.15) is 37.4 Å². The number of aromatic amines is 1. The number of nitrogens with zero attached hydrogens (tertiary/aromatic N) is 2. The van der Waals surface area contributed by atoms with Crippen LogP contribution in [0.3, 0.4) is 0 Å². The Morgan fingerprint density at radius 2 is 1.95 bits per heavy atom. The normalized spacial score (nSPS) is 23.4. The molecule has 100 valence electrons. The van der Waals surface area contributed by atoms with Gasteiger partial charge in [0.25, 0.3) is 0 Å². The number of H-pyrrole nitrogens is 1. The third-order valence-corrected chi connectivity index (χ3v) is 4.10. The Balaban J connectivity index is 1.84. The number of benzene rings is 1. The number of hydrogen-bond acceptors (Lipinski definition) is 3. The van der Waals surface area contributed by atoms with E-state index in [1.165, 1.54) is 25.7 Å². The molecule has 0 radical (unpaired) electrons. The topological polar surface area (TPSA) is 67.6 Å². The summed E-state index contributed by atoms with van der Waals surface area (Å²) in [6, 6.07) is 10.1. The first kappa shape index (κ1) is 12.4. The van der Waals surface area contributed by atoms with E-state index in [9.17, 15) is 0 Å². The van der Waals surface area contributed by atoms with Crippen molar-refractivity contribution in [3.63, 3.8) is 0 Å². The van der Waals surface area contributed by atoms with Gasteiger partial charge in [0.2, 0.25) is 0 Å². The van der Waals surface area contributed by atoms with Gasteiger partial charge in [-0.3, -0.25) is 5.10 Å². The third kappa shape index (κ3) is 2.54. The van der Waals surface area contributed by atoms with Crippen LogP contribution in [-0.2, 0) is 0 Å². The molecule has 0 spiro atoms.